The minimum atomic E-state index is -4.27. The van der Waals surface area contributed by atoms with Crippen LogP contribution in [0.3, 0.4) is 0 Å². The van der Waals surface area contributed by atoms with E-state index in [0.29, 0.717) is 24.6 Å². The van der Waals surface area contributed by atoms with Crippen LogP contribution in [0.1, 0.15) is 110 Å². The van der Waals surface area contributed by atoms with Crippen LogP contribution in [0.25, 0.3) is 0 Å². The maximum atomic E-state index is 11.8. The zero-order chi connectivity index (χ0) is 23.1. The molecule has 1 N–H and O–H groups in total. The molecule has 32 heavy (non-hydrogen) atoms. The lowest BCUT2D eigenvalue weighted by molar-refractivity contribution is 0.340. The molecule has 5 nitrogen and oxygen atoms in total. The molecule has 0 saturated heterocycles. The van der Waals surface area contributed by atoms with E-state index in [1.54, 1.807) is 24.3 Å². The molecule has 1 saturated carbocycles. The Morgan fingerprint density at radius 2 is 1.34 bits per heavy atom. The van der Waals surface area contributed by atoms with Gasteiger partial charge in [-0.3, -0.25) is 4.55 Å². The Hall–Kier alpha value is -1.27. The molecule has 0 heterocycles. The summed E-state index contributed by atoms with van der Waals surface area (Å²) in [4.78, 5) is 0. The van der Waals surface area contributed by atoms with Gasteiger partial charge in [0.05, 0.1) is 12.3 Å². The van der Waals surface area contributed by atoms with E-state index < -0.39 is 10.3 Å². The van der Waals surface area contributed by atoms with E-state index in [-0.39, 0.29) is 0 Å². The molecule has 1 aliphatic rings. The van der Waals surface area contributed by atoms with Crippen molar-refractivity contribution < 1.29 is 17.7 Å². The van der Waals surface area contributed by atoms with Crippen LogP contribution in [0.15, 0.2) is 24.3 Å². The molecule has 0 unspecified atom stereocenters. The van der Waals surface area contributed by atoms with Crippen LogP contribution in [0.4, 0.5) is 5.69 Å². The first-order valence-electron chi connectivity index (χ1n) is 13.0. The molecule has 6 heteroatoms. The fourth-order valence-electron chi connectivity index (χ4n) is 4.83. The third kappa shape index (κ3) is 11.0. The van der Waals surface area contributed by atoms with Crippen molar-refractivity contribution in [3.8, 4) is 5.75 Å². The van der Waals surface area contributed by atoms with E-state index in [1.165, 1.54) is 83.5 Å². The van der Waals surface area contributed by atoms with Crippen molar-refractivity contribution >= 4 is 16.0 Å². The maximum absolute atomic E-state index is 11.8. The second kappa shape index (κ2) is 15.5. The summed E-state index contributed by atoms with van der Waals surface area (Å²) in [6.07, 6.45) is 20.9. The molecule has 0 bridgehead atoms. The zero-order valence-electron chi connectivity index (χ0n) is 20.1. The number of hydrogen-bond acceptors (Lipinski definition) is 3. The van der Waals surface area contributed by atoms with Crippen molar-refractivity contribution in [1.29, 1.82) is 0 Å². The van der Waals surface area contributed by atoms with Gasteiger partial charge < -0.3 is 4.74 Å². The molecular weight excluding hydrogens is 422 g/mol. The van der Waals surface area contributed by atoms with Crippen LogP contribution in [-0.2, 0) is 10.3 Å². The number of anilines is 1. The van der Waals surface area contributed by atoms with E-state index in [0.717, 1.165) is 29.5 Å². The third-order valence-corrected chi connectivity index (χ3v) is 7.61. The molecule has 184 valence electrons. The monoisotopic (exact) mass is 467 g/mol. The smallest absolute Gasteiger partial charge is 0.359 e. The number of rotatable bonds is 18. The number of unbranched alkanes of at least 4 members (excludes halogenated alkanes) is 10. The van der Waals surface area contributed by atoms with Crippen LogP contribution in [0, 0.1) is 5.92 Å². The number of benzene rings is 1. The van der Waals surface area contributed by atoms with Crippen LogP contribution in [0.5, 0.6) is 5.75 Å². The molecule has 1 fully saturated rings. The summed E-state index contributed by atoms with van der Waals surface area (Å²) in [6, 6.07) is 6.81. The first-order chi connectivity index (χ1) is 15.5. The van der Waals surface area contributed by atoms with Crippen LogP contribution < -0.4 is 9.04 Å². The molecule has 0 aromatic heterocycles. The van der Waals surface area contributed by atoms with Crippen molar-refractivity contribution in [3.05, 3.63) is 24.3 Å². The molecule has 0 amide bonds. The highest BCUT2D eigenvalue weighted by atomic mass is 32.2. The molecule has 0 aliphatic heterocycles. The van der Waals surface area contributed by atoms with Gasteiger partial charge in [0.15, 0.2) is 0 Å². The Morgan fingerprint density at radius 3 is 1.84 bits per heavy atom. The Balaban J connectivity index is 1.48. The summed E-state index contributed by atoms with van der Waals surface area (Å²) < 4.78 is 39.7. The summed E-state index contributed by atoms with van der Waals surface area (Å²) in [5, 5.41) is 0. The van der Waals surface area contributed by atoms with Crippen molar-refractivity contribution in [1.82, 2.24) is 0 Å². The SMILES string of the molecule is CCOc1ccc(N(CCCCCCCCCCCCCC2CCCC2)S(=O)(=O)O)cc1. The Bertz CT molecular complexity index is 699. The highest BCUT2D eigenvalue weighted by Crippen LogP contribution is 2.29. The van der Waals surface area contributed by atoms with E-state index in [9.17, 15) is 13.0 Å². The van der Waals surface area contributed by atoms with Crippen molar-refractivity contribution in [2.75, 3.05) is 17.5 Å². The van der Waals surface area contributed by atoms with Gasteiger partial charge in [-0.1, -0.05) is 96.3 Å². The highest BCUT2D eigenvalue weighted by Gasteiger charge is 2.19. The fraction of sp³-hybridized carbons (Fsp3) is 0.769. The Morgan fingerprint density at radius 1 is 0.844 bits per heavy atom. The Kier molecular flexibility index (Phi) is 13.1. The van der Waals surface area contributed by atoms with Crippen molar-refractivity contribution in [3.63, 3.8) is 0 Å². The standard InChI is InChI=1S/C26H45NO4S/c1-2-31-26-21-19-25(20-22-26)27(32(28,29)30)23-15-11-9-7-5-3-4-6-8-10-12-16-24-17-13-14-18-24/h19-22,24H,2-18,23H2,1H3,(H,28,29,30). The minimum Gasteiger partial charge on any atom is -0.494 e. The van der Waals surface area contributed by atoms with Gasteiger partial charge >= 0.3 is 10.3 Å². The second-order valence-corrected chi connectivity index (χ2v) is 10.6. The summed E-state index contributed by atoms with van der Waals surface area (Å²) in [7, 11) is -4.27. The Labute approximate surface area is 196 Å². The third-order valence-electron chi connectivity index (χ3n) is 6.66. The summed E-state index contributed by atoms with van der Waals surface area (Å²) in [5.41, 5.74) is 0.471. The second-order valence-electron chi connectivity index (χ2n) is 9.31. The molecule has 0 radical (unpaired) electrons. The molecule has 2 rings (SSSR count). The van der Waals surface area contributed by atoms with Crippen molar-refractivity contribution in [2.45, 2.75) is 110 Å². The molecule has 1 aromatic rings. The first kappa shape index (κ1) is 27.0. The first-order valence-corrected chi connectivity index (χ1v) is 14.4. The van der Waals surface area contributed by atoms with Gasteiger partial charge in [0.2, 0.25) is 0 Å². The maximum Gasteiger partial charge on any atom is 0.359 e. The van der Waals surface area contributed by atoms with Gasteiger partial charge in [0, 0.05) is 6.54 Å². The number of ether oxygens (including phenoxy) is 1. The van der Waals surface area contributed by atoms with Crippen LogP contribution >= 0.6 is 0 Å². The number of nitrogens with zero attached hydrogens (tertiary/aromatic N) is 1. The predicted octanol–water partition coefficient (Wildman–Crippen LogP) is 7.57. The minimum absolute atomic E-state index is 0.299. The molecular formula is C26H45NO4S. The molecule has 0 atom stereocenters. The zero-order valence-corrected chi connectivity index (χ0v) is 21.0. The van der Waals surface area contributed by atoms with Crippen LogP contribution in [0.2, 0.25) is 0 Å². The van der Waals surface area contributed by atoms with E-state index in [2.05, 4.69) is 0 Å². The lowest BCUT2D eigenvalue weighted by Crippen LogP contribution is -2.31. The van der Waals surface area contributed by atoms with E-state index in [1.807, 2.05) is 6.92 Å². The molecule has 1 aromatic carbocycles. The number of hydrogen-bond donors (Lipinski definition) is 1. The summed E-state index contributed by atoms with van der Waals surface area (Å²) in [5.74, 6) is 1.73. The topological polar surface area (TPSA) is 66.8 Å². The van der Waals surface area contributed by atoms with Crippen LogP contribution in [-0.4, -0.2) is 26.1 Å². The average molecular weight is 468 g/mol. The van der Waals surface area contributed by atoms with Gasteiger partial charge in [-0.05, 0) is 43.5 Å². The van der Waals surface area contributed by atoms with E-state index >= 15 is 0 Å². The van der Waals surface area contributed by atoms with Gasteiger partial charge in [0.1, 0.15) is 5.75 Å². The van der Waals surface area contributed by atoms with Crippen molar-refractivity contribution in [2.24, 2.45) is 5.92 Å². The van der Waals surface area contributed by atoms with Gasteiger partial charge in [0.25, 0.3) is 0 Å². The normalized spacial score (nSPS) is 14.7. The van der Waals surface area contributed by atoms with E-state index in [4.69, 9.17) is 4.74 Å². The fourth-order valence-corrected chi connectivity index (χ4v) is 5.58. The molecule has 1 aliphatic carbocycles. The lowest BCUT2D eigenvalue weighted by Gasteiger charge is -2.21. The predicted molar refractivity (Wildman–Crippen MR) is 134 cm³/mol. The quantitative estimate of drug-likeness (QED) is 0.179. The molecule has 0 spiro atoms. The lowest BCUT2D eigenvalue weighted by atomic mass is 9.99. The highest BCUT2D eigenvalue weighted by molar-refractivity contribution is 7.87. The van der Waals surface area contributed by atoms with Gasteiger partial charge in [-0.2, -0.15) is 8.42 Å². The van der Waals surface area contributed by atoms with Gasteiger partial charge in [-0.25, -0.2) is 4.31 Å². The largest absolute Gasteiger partial charge is 0.494 e. The van der Waals surface area contributed by atoms with Gasteiger partial charge in [-0.15, -0.1) is 0 Å². The summed E-state index contributed by atoms with van der Waals surface area (Å²) in [6.45, 7) is 2.76. The summed E-state index contributed by atoms with van der Waals surface area (Å²) >= 11 is 0. The average Bonchev–Trinajstić information content (AvgIpc) is 3.28.